The first-order valence-corrected chi connectivity index (χ1v) is 7.93. The number of ether oxygens (including phenoxy) is 1. The molecule has 21 heavy (non-hydrogen) atoms. The van der Waals surface area contributed by atoms with Crippen molar-refractivity contribution in [2.75, 3.05) is 6.54 Å². The van der Waals surface area contributed by atoms with Gasteiger partial charge < -0.3 is 10.1 Å². The lowest BCUT2D eigenvalue weighted by molar-refractivity contribution is 0.475. The normalized spacial score (nSPS) is 10.9. The lowest BCUT2D eigenvalue weighted by atomic mass is 10.2. The second-order valence-electron chi connectivity index (χ2n) is 5.52. The molecule has 0 aliphatic carbocycles. The molecule has 1 N–H and O–H groups in total. The molecule has 0 aliphatic rings. The van der Waals surface area contributed by atoms with Crippen molar-refractivity contribution in [3.8, 4) is 11.5 Å². The average Bonchev–Trinajstić information content (AvgIpc) is 2.43. The summed E-state index contributed by atoms with van der Waals surface area (Å²) in [4.78, 5) is 4.37. The van der Waals surface area contributed by atoms with Gasteiger partial charge in [-0.15, -0.1) is 0 Å². The van der Waals surface area contributed by atoms with Crippen LogP contribution in [0.3, 0.4) is 0 Å². The van der Waals surface area contributed by atoms with E-state index in [0.29, 0.717) is 5.92 Å². The molecule has 0 amide bonds. The zero-order valence-electron chi connectivity index (χ0n) is 12.7. The Bertz CT molecular complexity index is 599. The van der Waals surface area contributed by atoms with Gasteiger partial charge in [0, 0.05) is 23.3 Å². The van der Waals surface area contributed by atoms with Gasteiger partial charge >= 0.3 is 0 Å². The quantitative estimate of drug-likeness (QED) is 0.822. The molecule has 0 saturated heterocycles. The molecular formula is C17H21BrN2O. The van der Waals surface area contributed by atoms with Crippen LogP contribution in [0.1, 0.15) is 25.1 Å². The summed E-state index contributed by atoms with van der Waals surface area (Å²) in [6, 6.07) is 9.88. The Kier molecular flexibility index (Phi) is 5.76. The van der Waals surface area contributed by atoms with E-state index in [1.807, 2.05) is 37.3 Å². The molecule has 0 saturated carbocycles. The first-order valence-electron chi connectivity index (χ1n) is 7.14. The van der Waals surface area contributed by atoms with Crippen molar-refractivity contribution in [3.63, 3.8) is 0 Å². The third-order valence-electron chi connectivity index (χ3n) is 3.02. The number of benzene rings is 1. The molecule has 2 aromatic rings. The Morgan fingerprint density at radius 3 is 2.81 bits per heavy atom. The van der Waals surface area contributed by atoms with Crippen molar-refractivity contribution in [2.45, 2.75) is 27.3 Å². The summed E-state index contributed by atoms with van der Waals surface area (Å²) in [7, 11) is 0. The molecule has 1 aromatic carbocycles. The molecule has 4 heteroatoms. The van der Waals surface area contributed by atoms with Gasteiger partial charge in [0.25, 0.3) is 0 Å². The summed E-state index contributed by atoms with van der Waals surface area (Å²) in [5, 5.41) is 3.39. The number of pyridine rings is 1. The number of rotatable bonds is 6. The molecule has 0 spiro atoms. The molecule has 0 radical (unpaired) electrons. The zero-order valence-corrected chi connectivity index (χ0v) is 14.3. The standard InChI is InChI=1S/C17H21BrN2O/c1-12(2)10-19-11-15-9-16(6-7-20-15)21-17-8-14(18)5-4-13(17)3/h4-9,12,19H,10-11H2,1-3H3. The molecule has 112 valence electrons. The van der Waals surface area contributed by atoms with Crippen LogP contribution in [0.25, 0.3) is 0 Å². The summed E-state index contributed by atoms with van der Waals surface area (Å²) < 4.78 is 6.97. The lowest BCUT2D eigenvalue weighted by Gasteiger charge is -2.11. The Morgan fingerprint density at radius 2 is 2.05 bits per heavy atom. The Labute approximate surface area is 134 Å². The lowest BCUT2D eigenvalue weighted by Crippen LogP contribution is -2.19. The maximum Gasteiger partial charge on any atom is 0.131 e. The predicted molar refractivity (Wildman–Crippen MR) is 89.7 cm³/mol. The summed E-state index contributed by atoms with van der Waals surface area (Å²) in [5.41, 5.74) is 2.09. The van der Waals surface area contributed by atoms with Crippen LogP contribution in [-0.4, -0.2) is 11.5 Å². The van der Waals surface area contributed by atoms with Crippen LogP contribution in [0.15, 0.2) is 41.0 Å². The van der Waals surface area contributed by atoms with Crippen LogP contribution in [0.4, 0.5) is 0 Å². The van der Waals surface area contributed by atoms with Crippen molar-refractivity contribution in [1.82, 2.24) is 10.3 Å². The van der Waals surface area contributed by atoms with Crippen molar-refractivity contribution in [2.24, 2.45) is 5.92 Å². The van der Waals surface area contributed by atoms with Crippen molar-refractivity contribution < 1.29 is 4.74 Å². The number of aromatic nitrogens is 1. The first kappa shape index (κ1) is 16.0. The highest BCUT2D eigenvalue weighted by Crippen LogP contribution is 2.28. The van der Waals surface area contributed by atoms with E-state index < -0.39 is 0 Å². The third-order valence-corrected chi connectivity index (χ3v) is 3.52. The molecule has 0 unspecified atom stereocenters. The van der Waals surface area contributed by atoms with Gasteiger partial charge in [-0.2, -0.15) is 0 Å². The number of halogens is 1. The van der Waals surface area contributed by atoms with Crippen LogP contribution in [0, 0.1) is 12.8 Å². The van der Waals surface area contributed by atoms with Gasteiger partial charge in [-0.1, -0.05) is 35.8 Å². The zero-order chi connectivity index (χ0) is 15.2. The van der Waals surface area contributed by atoms with Crippen molar-refractivity contribution in [1.29, 1.82) is 0 Å². The van der Waals surface area contributed by atoms with Gasteiger partial charge in [-0.05, 0) is 43.1 Å². The molecular weight excluding hydrogens is 328 g/mol. The van der Waals surface area contributed by atoms with Gasteiger partial charge in [0.2, 0.25) is 0 Å². The summed E-state index contributed by atoms with van der Waals surface area (Å²) in [5.74, 6) is 2.30. The second-order valence-corrected chi connectivity index (χ2v) is 6.44. The highest BCUT2D eigenvalue weighted by molar-refractivity contribution is 9.10. The van der Waals surface area contributed by atoms with E-state index in [1.54, 1.807) is 6.20 Å². The van der Waals surface area contributed by atoms with E-state index in [9.17, 15) is 0 Å². The van der Waals surface area contributed by atoms with Gasteiger partial charge in [0.15, 0.2) is 0 Å². The van der Waals surface area contributed by atoms with E-state index in [2.05, 4.69) is 40.1 Å². The minimum atomic E-state index is 0.633. The monoisotopic (exact) mass is 348 g/mol. The van der Waals surface area contributed by atoms with Gasteiger partial charge in [-0.25, -0.2) is 0 Å². The average molecular weight is 349 g/mol. The van der Waals surface area contributed by atoms with E-state index >= 15 is 0 Å². The fraction of sp³-hybridized carbons (Fsp3) is 0.353. The van der Waals surface area contributed by atoms with Crippen LogP contribution < -0.4 is 10.1 Å². The largest absolute Gasteiger partial charge is 0.457 e. The fourth-order valence-electron chi connectivity index (χ4n) is 1.92. The minimum absolute atomic E-state index is 0.633. The Balaban J connectivity index is 2.05. The Morgan fingerprint density at radius 1 is 1.24 bits per heavy atom. The summed E-state index contributed by atoms with van der Waals surface area (Å²) in [6.45, 7) is 8.16. The van der Waals surface area contributed by atoms with E-state index in [0.717, 1.165) is 40.3 Å². The van der Waals surface area contributed by atoms with Crippen molar-refractivity contribution >= 4 is 15.9 Å². The van der Waals surface area contributed by atoms with Crippen LogP contribution in [0.2, 0.25) is 0 Å². The number of nitrogens with zero attached hydrogens (tertiary/aromatic N) is 1. The smallest absolute Gasteiger partial charge is 0.131 e. The molecule has 2 rings (SSSR count). The third kappa shape index (κ3) is 5.14. The maximum absolute atomic E-state index is 5.96. The molecule has 1 heterocycles. The molecule has 0 bridgehead atoms. The molecule has 1 aromatic heterocycles. The van der Waals surface area contributed by atoms with Gasteiger partial charge in [-0.3, -0.25) is 4.98 Å². The van der Waals surface area contributed by atoms with E-state index in [4.69, 9.17) is 4.74 Å². The number of aryl methyl sites for hydroxylation is 1. The first-order chi connectivity index (χ1) is 10.0. The topological polar surface area (TPSA) is 34.1 Å². The van der Waals surface area contributed by atoms with E-state index in [1.165, 1.54) is 0 Å². The number of hydrogen-bond donors (Lipinski definition) is 1. The molecule has 0 fully saturated rings. The minimum Gasteiger partial charge on any atom is -0.457 e. The predicted octanol–water partition coefficient (Wildman–Crippen LogP) is 4.69. The van der Waals surface area contributed by atoms with Gasteiger partial charge in [0.05, 0.1) is 5.69 Å². The molecule has 3 nitrogen and oxygen atoms in total. The molecule has 0 aliphatic heterocycles. The maximum atomic E-state index is 5.96. The Hall–Kier alpha value is -1.39. The highest BCUT2D eigenvalue weighted by Gasteiger charge is 2.04. The molecule has 0 atom stereocenters. The van der Waals surface area contributed by atoms with Crippen molar-refractivity contribution in [3.05, 3.63) is 52.3 Å². The number of nitrogens with one attached hydrogen (secondary N) is 1. The summed E-state index contributed by atoms with van der Waals surface area (Å²) in [6.07, 6.45) is 1.79. The van der Waals surface area contributed by atoms with Gasteiger partial charge in [0.1, 0.15) is 11.5 Å². The highest BCUT2D eigenvalue weighted by atomic mass is 79.9. The second kappa shape index (κ2) is 7.57. The van der Waals surface area contributed by atoms with Crippen LogP contribution in [-0.2, 0) is 6.54 Å². The van der Waals surface area contributed by atoms with Crippen LogP contribution in [0.5, 0.6) is 11.5 Å². The van der Waals surface area contributed by atoms with E-state index in [-0.39, 0.29) is 0 Å². The SMILES string of the molecule is Cc1ccc(Br)cc1Oc1ccnc(CNCC(C)C)c1. The summed E-state index contributed by atoms with van der Waals surface area (Å²) >= 11 is 3.47. The fourth-order valence-corrected chi connectivity index (χ4v) is 2.26. The van der Waals surface area contributed by atoms with Crippen LogP contribution >= 0.6 is 15.9 Å². The number of hydrogen-bond acceptors (Lipinski definition) is 3.